The molecule has 2 N–H and O–H groups in total. The molecule has 0 atom stereocenters. The second-order valence-corrected chi connectivity index (χ2v) is 7.64. The molecular weight excluding hydrogens is 364 g/mol. The molecule has 0 spiro atoms. The van der Waals surface area contributed by atoms with Crippen molar-refractivity contribution in [3.8, 4) is 5.75 Å². The molecular formula is C21H25ClN2O3. The summed E-state index contributed by atoms with van der Waals surface area (Å²) in [5.41, 5.74) is 0.591. The Bertz CT molecular complexity index is 783. The van der Waals surface area contributed by atoms with E-state index in [-0.39, 0.29) is 17.4 Å². The fourth-order valence-electron chi connectivity index (χ4n) is 2.36. The van der Waals surface area contributed by atoms with E-state index >= 15 is 0 Å². The SMILES string of the molecule is CC(C)(C)NC(=O)c1ccccc1NC(=O)CCCOc1ccc(Cl)cc1. The summed E-state index contributed by atoms with van der Waals surface area (Å²) in [5.74, 6) is 0.333. The summed E-state index contributed by atoms with van der Waals surface area (Å²) in [4.78, 5) is 24.6. The van der Waals surface area contributed by atoms with Gasteiger partial charge in [0.1, 0.15) is 5.75 Å². The number of anilines is 1. The molecule has 0 fully saturated rings. The molecule has 2 rings (SSSR count). The van der Waals surface area contributed by atoms with Gasteiger partial charge in [0.05, 0.1) is 17.9 Å². The number of para-hydroxylation sites is 1. The summed E-state index contributed by atoms with van der Waals surface area (Å²) in [6.45, 7) is 6.15. The van der Waals surface area contributed by atoms with Gasteiger partial charge < -0.3 is 15.4 Å². The van der Waals surface area contributed by atoms with Crippen LogP contribution < -0.4 is 15.4 Å². The highest BCUT2D eigenvalue weighted by Gasteiger charge is 2.18. The molecule has 2 amide bonds. The number of benzene rings is 2. The van der Waals surface area contributed by atoms with Gasteiger partial charge in [0.2, 0.25) is 5.91 Å². The third-order valence-corrected chi connectivity index (χ3v) is 3.82. The third-order valence-electron chi connectivity index (χ3n) is 3.56. The maximum Gasteiger partial charge on any atom is 0.253 e. The lowest BCUT2D eigenvalue weighted by Gasteiger charge is -2.21. The minimum atomic E-state index is -0.354. The summed E-state index contributed by atoms with van der Waals surface area (Å²) in [6, 6.07) is 14.0. The van der Waals surface area contributed by atoms with Crippen LogP contribution in [-0.4, -0.2) is 24.0 Å². The Morgan fingerprint density at radius 1 is 1.04 bits per heavy atom. The Balaban J connectivity index is 1.85. The molecule has 2 aromatic carbocycles. The Kier molecular flexibility index (Phi) is 7.25. The molecule has 0 aliphatic rings. The highest BCUT2D eigenvalue weighted by atomic mass is 35.5. The standard InChI is InChI=1S/C21H25ClN2O3/c1-21(2,3)24-20(26)17-7-4-5-8-18(17)23-19(25)9-6-14-27-16-12-10-15(22)11-13-16/h4-5,7-8,10-13H,6,9,14H2,1-3H3,(H,23,25)(H,24,26). The molecule has 0 radical (unpaired) electrons. The molecule has 0 heterocycles. The van der Waals surface area contributed by atoms with Crippen LogP contribution in [0.15, 0.2) is 48.5 Å². The van der Waals surface area contributed by atoms with Crippen LogP contribution >= 0.6 is 11.6 Å². The van der Waals surface area contributed by atoms with Gasteiger partial charge in [-0.1, -0.05) is 23.7 Å². The normalized spacial score (nSPS) is 11.0. The van der Waals surface area contributed by atoms with E-state index in [1.54, 1.807) is 48.5 Å². The van der Waals surface area contributed by atoms with E-state index in [4.69, 9.17) is 16.3 Å². The van der Waals surface area contributed by atoms with Crippen molar-refractivity contribution in [2.45, 2.75) is 39.2 Å². The van der Waals surface area contributed by atoms with E-state index in [0.29, 0.717) is 41.5 Å². The van der Waals surface area contributed by atoms with Crippen LogP contribution in [-0.2, 0) is 4.79 Å². The first-order valence-corrected chi connectivity index (χ1v) is 9.22. The van der Waals surface area contributed by atoms with E-state index in [0.717, 1.165) is 0 Å². The Hall–Kier alpha value is -2.53. The second-order valence-electron chi connectivity index (χ2n) is 7.20. The molecule has 0 unspecified atom stereocenters. The van der Waals surface area contributed by atoms with Crippen LogP contribution in [0.4, 0.5) is 5.69 Å². The number of amides is 2. The quantitative estimate of drug-likeness (QED) is 0.677. The minimum Gasteiger partial charge on any atom is -0.494 e. The molecule has 0 saturated heterocycles. The Morgan fingerprint density at radius 2 is 1.70 bits per heavy atom. The zero-order valence-electron chi connectivity index (χ0n) is 15.8. The molecule has 6 heteroatoms. The zero-order chi connectivity index (χ0) is 19.9. The first-order valence-electron chi connectivity index (χ1n) is 8.84. The maximum atomic E-state index is 12.4. The van der Waals surface area contributed by atoms with E-state index in [1.165, 1.54) is 0 Å². The topological polar surface area (TPSA) is 67.4 Å². The van der Waals surface area contributed by atoms with Crippen LogP contribution in [0.25, 0.3) is 0 Å². The molecule has 0 aliphatic carbocycles. The van der Waals surface area contributed by atoms with Crippen molar-refractivity contribution in [1.29, 1.82) is 0 Å². The third kappa shape index (κ3) is 7.31. The molecule has 0 bridgehead atoms. The van der Waals surface area contributed by atoms with Gasteiger partial charge in [-0.15, -0.1) is 0 Å². The Morgan fingerprint density at radius 3 is 2.37 bits per heavy atom. The Labute approximate surface area is 165 Å². The maximum absolute atomic E-state index is 12.4. The van der Waals surface area contributed by atoms with Crippen molar-refractivity contribution in [2.75, 3.05) is 11.9 Å². The lowest BCUT2D eigenvalue weighted by molar-refractivity contribution is -0.116. The van der Waals surface area contributed by atoms with Crippen molar-refractivity contribution in [3.05, 3.63) is 59.1 Å². The smallest absolute Gasteiger partial charge is 0.253 e. The zero-order valence-corrected chi connectivity index (χ0v) is 16.6. The number of carbonyl (C=O) groups excluding carboxylic acids is 2. The van der Waals surface area contributed by atoms with Gasteiger partial charge in [0, 0.05) is 17.0 Å². The van der Waals surface area contributed by atoms with E-state index in [1.807, 2.05) is 20.8 Å². The molecule has 0 saturated carbocycles. The van der Waals surface area contributed by atoms with Gasteiger partial charge in [-0.3, -0.25) is 9.59 Å². The van der Waals surface area contributed by atoms with Gasteiger partial charge in [-0.2, -0.15) is 0 Å². The number of carbonyl (C=O) groups is 2. The second kappa shape index (κ2) is 9.42. The van der Waals surface area contributed by atoms with E-state index in [2.05, 4.69) is 10.6 Å². The fraction of sp³-hybridized carbons (Fsp3) is 0.333. The first kappa shape index (κ1) is 20.8. The van der Waals surface area contributed by atoms with Gasteiger partial charge in [-0.25, -0.2) is 0 Å². The minimum absolute atomic E-state index is 0.161. The average molecular weight is 389 g/mol. The number of hydrogen-bond donors (Lipinski definition) is 2. The van der Waals surface area contributed by atoms with Crippen molar-refractivity contribution >= 4 is 29.1 Å². The number of hydrogen-bond acceptors (Lipinski definition) is 3. The summed E-state index contributed by atoms with van der Waals surface area (Å²) >= 11 is 5.82. The van der Waals surface area contributed by atoms with Gasteiger partial charge in [0.15, 0.2) is 0 Å². The van der Waals surface area contributed by atoms with Crippen LogP contribution in [0, 0.1) is 0 Å². The molecule has 144 valence electrons. The molecule has 27 heavy (non-hydrogen) atoms. The van der Waals surface area contributed by atoms with Gasteiger partial charge >= 0.3 is 0 Å². The molecule has 0 aromatic heterocycles. The fourth-order valence-corrected chi connectivity index (χ4v) is 2.49. The number of halogens is 1. The summed E-state index contributed by atoms with van der Waals surface area (Å²) < 4.78 is 5.58. The summed E-state index contributed by atoms with van der Waals surface area (Å²) in [6.07, 6.45) is 0.855. The van der Waals surface area contributed by atoms with Crippen LogP contribution in [0.1, 0.15) is 44.0 Å². The summed E-state index contributed by atoms with van der Waals surface area (Å²) in [7, 11) is 0. The first-order chi connectivity index (χ1) is 12.7. The largest absolute Gasteiger partial charge is 0.494 e. The summed E-state index contributed by atoms with van der Waals surface area (Å²) in [5, 5.41) is 6.36. The number of rotatable bonds is 7. The average Bonchev–Trinajstić information content (AvgIpc) is 2.59. The van der Waals surface area contributed by atoms with Gasteiger partial charge in [-0.05, 0) is 63.6 Å². The van der Waals surface area contributed by atoms with Crippen LogP contribution in [0.5, 0.6) is 5.75 Å². The molecule has 5 nitrogen and oxygen atoms in total. The monoisotopic (exact) mass is 388 g/mol. The number of ether oxygens (including phenoxy) is 1. The highest BCUT2D eigenvalue weighted by Crippen LogP contribution is 2.18. The van der Waals surface area contributed by atoms with Crippen molar-refractivity contribution in [2.24, 2.45) is 0 Å². The predicted molar refractivity (Wildman–Crippen MR) is 108 cm³/mol. The van der Waals surface area contributed by atoms with Crippen LogP contribution in [0.3, 0.4) is 0 Å². The van der Waals surface area contributed by atoms with Gasteiger partial charge in [0.25, 0.3) is 5.91 Å². The lowest BCUT2D eigenvalue weighted by Crippen LogP contribution is -2.40. The predicted octanol–water partition coefficient (Wildman–Crippen LogP) is 4.67. The lowest BCUT2D eigenvalue weighted by atomic mass is 10.1. The number of nitrogens with one attached hydrogen (secondary N) is 2. The molecule has 2 aromatic rings. The van der Waals surface area contributed by atoms with E-state index < -0.39 is 0 Å². The highest BCUT2D eigenvalue weighted by molar-refractivity contribution is 6.30. The van der Waals surface area contributed by atoms with Crippen molar-refractivity contribution in [3.63, 3.8) is 0 Å². The van der Waals surface area contributed by atoms with E-state index in [9.17, 15) is 9.59 Å². The molecule has 0 aliphatic heterocycles. The van der Waals surface area contributed by atoms with Crippen molar-refractivity contribution < 1.29 is 14.3 Å². The van der Waals surface area contributed by atoms with Crippen LogP contribution in [0.2, 0.25) is 5.02 Å². The van der Waals surface area contributed by atoms with Crippen molar-refractivity contribution in [1.82, 2.24) is 5.32 Å².